The van der Waals surface area contributed by atoms with Crippen LogP contribution in [0.3, 0.4) is 0 Å². The number of furan rings is 1. The first-order valence-corrected chi connectivity index (χ1v) is 4.32. The van der Waals surface area contributed by atoms with E-state index in [4.69, 9.17) is 4.42 Å². The molecule has 16 heavy (non-hydrogen) atoms. The average Bonchev–Trinajstić information content (AvgIpc) is 2.55. The molecule has 2 aromatic rings. The molecule has 0 aliphatic rings. The van der Waals surface area contributed by atoms with Gasteiger partial charge in [0.25, 0.3) is 5.69 Å². The zero-order chi connectivity index (χ0) is 11.9. The van der Waals surface area contributed by atoms with E-state index in [1.54, 1.807) is 6.92 Å². The van der Waals surface area contributed by atoms with Crippen LogP contribution in [0, 0.1) is 27.2 Å². The van der Waals surface area contributed by atoms with E-state index in [9.17, 15) is 20.2 Å². The van der Waals surface area contributed by atoms with Crippen LogP contribution in [0.15, 0.2) is 22.6 Å². The molecular formula is C9H6N2O5. The number of nitro groups is 2. The highest BCUT2D eigenvalue weighted by molar-refractivity contribution is 5.88. The molecule has 7 nitrogen and oxygen atoms in total. The van der Waals surface area contributed by atoms with Gasteiger partial charge in [0.05, 0.1) is 15.9 Å². The van der Waals surface area contributed by atoms with Gasteiger partial charge in [0.1, 0.15) is 5.76 Å². The van der Waals surface area contributed by atoms with Crippen LogP contribution in [-0.4, -0.2) is 9.85 Å². The maximum Gasteiger partial charge on any atom is 0.319 e. The van der Waals surface area contributed by atoms with Gasteiger partial charge in [0.15, 0.2) is 0 Å². The van der Waals surface area contributed by atoms with Crippen molar-refractivity contribution in [2.45, 2.75) is 6.92 Å². The van der Waals surface area contributed by atoms with Crippen molar-refractivity contribution in [3.8, 4) is 0 Å². The maximum absolute atomic E-state index is 10.7. The largest absolute Gasteiger partial charge is 0.454 e. The molecule has 0 amide bonds. The maximum atomic E-state index is 10.7. The summed E-state index contributed by atoms with van der Waals surface area (Å²) in [5, 5.41) is 21.7. The predicted octanol–water partition coefficient (Wildman–Crippen LogP) is 2.56. The van der Waals surface area contributed by atoms with E-state index >= 15 is 0 Å². The summed E-state index contributed by atoms with van der Waals surface area (Å²) in [7, 11) is 0. The van der Waals surface area contributed by atoms with Crippen LogP contribution in [0.4, 0.5) is 11.4 Å². The van der Waals surface area contributed by atoms with Gasteiger partial charge in [-0.05, 0) is 13.0 Å². The number of nitrogens with zero attached hydrogens (tertiary/aromatic N) is 2. The first-order valence-electron chi connectivity index (χ1n) is 4.32. The van der Waals surface area contributed by atoms with E-state index in [-0.39, 0.29) is 11.3 Å². The normalized spacial score (nSPS) is 10.6. The zero-order valence-corrected chi connectivity index (χ0v) is 8.17. The van der Waals surface area contributed by atoms with Crippen molar-refractivity contribution in [3.05, 3.63) is 44.2 Å². The summed E-state index contributed by atoms with van der Waals surface area (Å²) in [6.45, 7) is 1.62. The summed E-state index contributed by atoms with van der Waals surface area (Å²) in [6.07, 6.45) is 0. The van der Waals surface area contributed by atoms with E-state index in [0.717, 1.165) is 6.07 Å². The fourth-order valence-corrected chi connectivity index (χ4v) is 1.49. The van der Waals surface area contributed by atoms with Crippen molar-refractivity contribution in [3.63, 3.8) is 0 Å². The van der Waals surface area contributed by atoms with Crippen LogP contribution in [0.1, 0.15) is 5.76 Å². The van der Waals surface area contributed by atoms with Gasteiger partial charge in [-0.1, -0.05) is 0 Å². The summed E-state index contributed by atoms with van der Waals surface area (Å²) in [5.41, 5.74) is -0.648. The molecule has 1 aromatic carbocycles. The Labute approximate surface area is 88.6 Å². The highest BCUT2D eigenvalue weighted by Crippen LogP contribution is 2.32. The number of nitro benzene ring substituents is 2. The number of benzene rings is 1. The first-order chi connectivity index (χ1) is 7.49. The van der Waals surface area contributed by atoms with Crippen molar-refractivity contribution in [2.24, 2.45) is 0 Å². The van der Waals surface area contributed by atoms with E-state index in [1.807, 2.05) is 0 Å². The van der Waals surface area contributed by atoms with Crippen molar-refractivity contribution < 1.29 is 14.3 Å². The van der Waals surface area contributed by atoms with Gasteiger partial charge < -0.3 is 4.42 Å². The lowest BCUT2D eigenvalue weighted by molar-refractivity contribution is -0.393. The molecule has 0 N–H and O–H groups in total. The highest BCUT2D eigenvalue weighted by Gasteiger charge is 2.22. The first kappa shape index (κ1) is 10.1. The topological polar surface area (TPSA) is 99.4 Å². The predicted molar refractivity (Wildman–Crippen MR) is 54.3 cm³/mol. The molecule has 0 saturated carbocycles. The molecule has 82 valence electrons. The number of hydrogen-bond donors (Lipinski definition) is 0. The summed E-state index contributed by atoms with van der Waals surface area (Å²) >= 11 is 0. The zero-order valence-electron chi connectivity index (χ0n) is 8.17. The van der Waals surface area contributed by atoms with Crippen LogP contribution in [0.5, 0.6) is 0 Å². The van der Waals surface area contributed by atoms with E-state index in [1.165, 1.54) is 12.1 Å². The second-order valence-corrected chi connectivity index (χ2v) is 3.25. The fraction of sp³-hybridized carbons (Fsp3) is 0.111. The van der Waals surface area contributed by atoms with Crippen LogP contribution < -0.4 is 0 Å². The monoisotopic (exact) mass is 222 g/mol. The Hall–Kier alpha value is -2.44. The molecule has 1 heterocycles. The molecule has 0 unspecified atom stereocenters. The third kappa shape index (κ3) is 1.48. The molecule has 1 aromatic heterocycles. The van der Waals surface area contributed by atoms with E-state index in [2.05, 4.69) is 0 Å². The van der Waals surface area contributed by atoms with Crippen LogP contribution in [-0.2, 0) is 0 Å². The van der Waals surface area contributed by atoms with Crippen LogP contribution in [0.2, 0.25) is 0 Å². The molecule has 0 aliphatic carbocycles. The minimum absolute atomic E-state index is 0.0631. The number of non-ortho nitro benzene ring substituents is 2. The Morgan fingerprint density at radius 3 is 2.38 bits per heavy atom. The number of hydrogen-bond acceptors (Lipinski definition) is 5. The number of aryl methyl sites for hydroxylation is 1. The number of fused-ring (bicyclic) bond motifs is 1. The lowest BCUT2D eigenvalue weighted by Gasteiger charge is -1.94. The van der Waals surface area contributed by atoms with Crippen molar-refractivity contribution in [1.29, 1.82) is 0 Å². The van der Waals surface area contributed by atoms with Crippen molar-refractivity contribution in [1.82, 2.24) is 0 Å². The Morgan fingerprint density at radius 2 is 1.81 bits per heavy atom. The smallest absolute Gasteiger partial charge is 0.319 e. The molecule has 7 heteroatoms. The van der Waals surface area contributed by atoms with E-state index in [0.29, 0.717) is 11.1 Å². The lowest BCUT2D eigenvalue weighted by Crippen LogP contribution is -1.92. The van der Waals surface area contributed by atoms with Gasteiger partial charge in [-0.15, -0.1) is 0 Å². The van der Waals surface area contributed by atoms with Crippen molar-refractivity contribution in [2.75, 3.05) is 0 Å². The minimum Gasteiger partial charge on any atom is -0.454 e. The Bertz CT molecular complexity index is 601. The molecular weight excluding hydrogens is 216 g/mol. The molecule has 2 rings (SSSR count). The van der Waals surface area contributed by atoms with Gasteiger partial charge in [-0.2, -0.15) is 0 Å². The van der Waals surface area contributed by atoms with E-state index < -0.39 is 15.5 Å². The molecule has 0 aliphatic heterocycles. The highest BCUT2D eigenvalue weighted by atomic mass is 16.6. The van der Waals surface area contributed by atoms with Gasteiger partial charge in [-0.3, -0.25) is 20.2 Å². The van der Waals surface area contributed by atoms with Gasteiger partial charge >= 0.3 is 5.69 Å². The van der Waals surface area contributed by atoms with Gasteiger partial charge in [0, 0.05) is 11.5 Å². The molecule has 0 fully saturated rings. The molecule has 0 atom stereocenters. The van der Waals surface area contributed by atoms with Crippen LogP contribution in [0.25, 0.3) is 11.0 Å². The standard InChI is InChI=1S/C9H6N2O5/c1-5-2-6-3-7(10(12)13)4-8(11(14)15)9(6)16-5/h2-4H,1H3. The summed E-state index contributed by atoms with van der Waals surface area (Å²) < 4.78 is 5.13. The lowest BCUT2D eigenvalue weighted by atomic mass is 10.2. The molecule has 0 spiro atoms. The molecule has 0 radical (unpaired) electrons. The third-order valence-electron chi connectivity index (χ3n) is 2.11. The van der Waals surface area contributed by atoms with Gasteiger partial charge in [0.2, 0.25) is 5.58 Å². The Kier molecular flexibility index (Phi) is 2.08. The van der Waals surface area contributed by atoms with Crippen LogP contribution >= 0.6 is 0 Å². The second-order valence-electron chi connectivity index (χ2n) is 3.25. The number of rotatable bonds is 2. The SMILES string of the molecule is Cc1cc2cc([N+](=O)[O-])cc([N+](=O)[O-])c2o1. The van der Waals surface area contributed by atoms with Gasteiger partial charge in [-0.25, -0.2) is 0 Å². The Balaban J connectivity index is 2.83. The summed E-state index contributed by atoms with van der Waals surface area (Å²) in [5.74, 6) is 0.471. The third-order valence-corrected chi connectivity index (χ3v) is 2.11. The van der Waals surface area contributed by atoms with Crippen molar-refractivity contribution >= 4 is 22.3 Å². The summed E-state index contributed by atoms with van der Waals surface area (Å²) in [6, 6.07) is 3.67. The molecule has 0 bridgehead atoms. The average molecular weight is 222 g/mol. The second kappa shape index (κ2) is 3.30. The quantitative estimate of drug-likeness (QED) is 0.574. The minimum atomic E-state index is -0.696. The Morgan fingerprint density at radius 1 is 1.12 bits per heavy atom. The molecule has 0 saturated heterocycles. The fourth-order valence-electron chi connectivity index (χ4n) is 1.49. The summed E-state index contributed by atoms with van der Waals surface area (Å²) in [4.78, 5) is 19.9.